The molecule has 0 N–H and O–H groups in total. The summed E-state index contributed by atoms with van der Waals surface area (Å²) in [4.78, 5) is 11.1. The Balaban J connectivity index is 3.21. The Morgan fingerprint density at radius 1 is 1.43 bits per heavy atom. The largest absolute Gasteiger partial charge is 0.283 e. The smallest absolute Gasteiger partial charge is 0.258 e. The van der Waals surface area contributed by atoms with Crippen LogP contribution in [0.4, 0.5) is 5.69 Å². The lowest BCUT2D eigenvalue weighted by Gasteiger charge is -2.05. The molecule has 0 aliphatic carbocycles. The Kier molecular flexibility index (Phi) is 3.52. The molecule has 0 amide bonds. The second kappa shape index (κ2) is 4.46. The van der Waals surface area contributed by atoms with Gasteiger partial charge in [-0.3, -0.25) is 10.1 Å². The van der Waals surface area contributed by atoms with Gasteiger partial charge in [-0.05, 0) is 23.8 Å². The highest BCUT2D eigenvalue weighted by Crippen LogP contribution is 2.30. The van der Waals surface area contributed by atoms with Gasteiger partial charge in [0.05, 0.1) is 9.82 Å². The highest BCUT2D eigenvalue weighted by Gasteiger charge is 2.14. The molecule has 0 aliphatic heterocycles. The van der Waals surface area contributed by atoms with E-state index in [4.69, 9.17) is 0 Å². The predicted octanol–water partition coefficient (Wildman–Crippen LogP) is 3.28. The quantitative estimate of drug-likeness (QED) is 0.437. The van der Waals surface area contributed by atoms with Crippen molar-refractivity contribution in [2.45, 2.75) is 18.7 Å². The minimum atomic E-state index is -0.335. The Hall–Kier alpha value is -1.03. The van der Waals surface area contributed by atoms with Crippen molar-refractivity contribution in [3.05, 3.63) is 39.8 Å². The zero-order valence-electron chi connectivity index (χ0n) is 8.40. The minimum absolute atomic E-state index is 0.191. The molecule has 0 spiro atoms. The summed E-state index contributed by atoms with van der Waals surface area (Å²) < 4.78 is 0. The van der Waals surface area contributed by atoms with Crippen molar-refractivity contribution in [2.75, 3.05) is 6.26 Å². The summed E-state index contributed by atoms with van der Waals surface area (Å²) in [7, 11) is 0. The van der Waals surface area contributed by atoms with Crippen LogP contribution in [-0.4, -0.2) is 11.2 Å². The lowest BCUT2D eigenvalue weighted by molar-refractivity contribution is -0.387. The normalized spacial score (nSPS) is 10.6. The molecule has 0 bridgehead atoms. The van der Waals surface area contributed by atoms with E-state index in [1.54, 1.807) is 12.1 Å². The number of hydrogen-bond acceptors (Lipinski definition) is 3. The van der Waals surface area contributed by atoms with Crippen LogP contribution in [0.1, 0.15) is 19.4 Å². The fourth-order valence-corrected chi connectivity index (χ4v) is 1.69. The van der Waals surface area contributed by atoms with Crippen molar-refractivity contribution in [1.82, 2.24) is 0 Å². The van der Waals surface area contributed by atoms with Crippen LogP contribution >= 0.6 is 11.8 Å². The van der Waals surface area contributed by atoms with Crippen LogP contribution in [0.2, 0.25) is 0 Å². The molecule has 0 heterocycles. The fourth-order valence-electron chi connectivity index (χ4n) is 1.14. The molecule has 1 radical (unpaired) electrons. The van der Waals surface area contributed by atoms with Gasteiger partial charge in [0.1, 0.15) is 0 Å². The first-order chi connectivity index (χ1) is 6.56. The molecule has 0 aliphatic rings. The first kappa shape index (κ1) is 11.0. The molecule has 0 saturated heterocycles. The third kappa shape index (κ3) is 2.26. The highest BCUT2D eigenvalue weighted by molar-refractivity contribution is 7.98. The molecule has 3 nitrogen and oxygen atoms in total. The first-order valence-corrected chi connectivity index (χ1v) is 5.41. The third-order valence-electron chi connectivity index (χ3n) is 1.95. The van der Waals surface area contributed by atoms with E-state index in [9.17, 15) is 10.1 Å². The summed E-state index contributed by atoms with van der Waals surface area (Å²) in [6.45, 7) is 3.88. The molecule has 1 aromatic carbocycles. The summed E-state index contributed by atoms with van der Waals surface area (Å²) in [6, 6.07) is 5.33. The van der Waals surface area contributed by atoms with Crippen molar-refractivity contribution in [1.29, 1.82) is 0 Å². The third-order valence-corrected chi connectivity index (χ3v) is 2.74. The summed E-state index contributed by atoms with van der Waals surface area (Å²) in [5.74, 6) is 1.08. The van der Waals surface area contributed by atoms with Gasteiger partial charge in [-0.2, -0.15) is 0 Å². The Labute approximate surface area is 87.7 Å². The Bertz CT molecular complexity index is 350. The number of nitro groups is 1. The van der Waals surface area contributed by atoms with Crippen LogP contribution in [0, 0.1) is 16.0 Å². The van der Waals surface area contributed by atoms with E-state index in [-0.39, 0.29) is 10.6 Å². The predicted molar refractivity (Wildman–Crippen MR) is 58.6 cm³/mol. The van der Waals surface area contributed by atoms with Gasteiger partial charge >= 0.3 is 0 Å². The van der Waals surface area contributed by atoms with Crippen molar-refractivity contribution in [3.63, 3.8) is 0 Å². The van der Waals surface area contributed by atoms with Gasteiger partial charge in [-0.1, -0.05) is 19.9 Å². The van der Waals surface area contributed by atoms with E-state index < -0.39 is 0 Å². The Morgan fingerprint density at radius 2 is 2.07 bits per heavy atom. The van der Waals surface area contributed by atoms with Gasteiger partial charge in [0.15, 0.2) is 0 Å². The van der Waals surface area contributed by atoms with E-state index in [2.05, 4.69) is 0 Å². The molecule has 75 valence electrons. The van der Waals surface area contributed by atoms with E-state index in [0.717, 1.165) is 11.5 Å². The number of benzene rings is 1. The second-order valence-electron chi connectivity index (χ2n) is 3.14. The molecule has 4 heteroatoms. The van der Waals surface area contributed by atoms with E-state index in [1.807, 2.05) is 26.2 Å². The second-order valence-corrected chi connectivity index (χ2v) is 3.99. The van der Waals surface area contributed by atoms with Crippen molar-refractivity contribution in [3.8, 4) is 0 Å². The van der Waals surface area contributed by atoms with Crippen LogP contribution in [0.5, 0.6) is 0 Å². The van der Waals surface area contributed by atoms with Crippen LogP contribution < -0.4 is 0 Å². The molecule has 1 rings (SSSR count). The molecule has 0 saturated carbocycles. The van der Waals surface area contributed by atoms with Gasteiger partial charge in [0.2, 0.25) is 0 Å². The number of hydrogen-bond donors (Lipinski definition) is 0. The monoisotopic (exact) mass is 210 g/mol. The lowest BCUT2D eigenvalue weighted by Crippen LogP contribution is -1.94. The van der Waals surface area contributed by atoms with Crippen LogP contribution in [0.15, 0.2) is 23.1 Å². The number of thioether (sulfide) groups is 1. The summed E-state index contributed by atoms with van der Waals surface area (Å²) in [5.41, 5.74) is 1.12. The fraction of sp³-hybridized carbons (Fsp3) is 0.300. The van der Waals surface area contributed by atoms with Gasteiger partial charge in [0.25, 0.3) is 5.69 Å². The van der Waals surface area contributed by atoms with Crippen LogP contribution in [0.3, 0.4) is 0 Å². The molecular formula is C10H12NO2S. The number of nitro benzene ring substituents is 1. The zero-order valence-corrected chi connectivity index (χ0v) is 9.22. The molecule has 0 unspecified atom stereocenters. The molecule has 0 fully saturated rings. The first-order valence-electron chi connectivity index (χ1n) is 4.19. The molecule has 0 aromatic heterocycles. The SMILES string of the molecule is CSc1ccc([C](C)C)cc1[N+](=O)[O-]. The topological polar surface area (TPSA) is 43.1 Å². The number of rotatable bonds is 3. The molecule has 0 atom stereocenters. The maximum Gasteiger partial charge on any atom is 0.283 e. The summed E-state index contributed by atoms with van der Waals surface area (Å²) in [5, 5.41) is 10.7. The van der Waals surface area contributed by atoms with Crippen LogP contribution in [0.25, 0.3) is 0 Å². The standard InChI is InChI=1S/C10H12NO2S/c1-7(2)8-4-5-10(14-3)9(6-8)11(12)13/h4-6H,1-3H3. The maximum atomic E-state index is 10.7. The summed E-state index contributed by atoms with van der Waals surface area (Å²) >= 11 is 1.39. The minimum Gasteiger partial charge on any atom is -0.258 e. The average Bonchev–Trinajstić information content (AvgIpc) is 2.16. The average molecular weight is 210 g/mol. The summed E-state index contributed by atoms with van der Waals surface area (Å²) in [6.07, 6.45) is 1.84. The van der Waals surface area contributed by atoms with Crippen molar-refractivity contribution in [2.24, 2.45) is 0 Å². The molecule has 14 heavy (non-hydrogen) atoms. The van der Waals surface area contributed by atoms with Crippen molar-refractivity contribution >= 4 is 17.4 Å². The molecule has 1 aromatic rings. The van der Waals surface area contributed by atoms with E-state index in [0.29, 0.717) is 4.90 Å². The van der Waals surface area contributed by atoms with E-state index >= 15 is 0 Å². The van der Waals surface area contributed by atoms with E-state index in [1.165, 1.54) is 11.8 Å². The van der Waals surface area contributed by atoms with Gasteiger partial charge < -0.3 is 0 Å². The highest BCUT2D eigenvalue weighted by atomic mass is 32.2. The lowest BCUT2D eigenvalue weighted by atomic mass is 10.0. The van der Waals surface area contributed by atoms with Crippen molar-refractivity contribution < 1.29 is 4.92 Å². The Morgan fingerprint density at radius 3 is 2.50 bits per heavy atom. The van der Waals surface area contributed by atoms with Gasteiger partial charge in [-0.25, -0.2) is 0 Å². The number of nitrogens with zero attached hydrogens (tertiary/aromatic N) is 1. The molecular weight excluding hydrogens is 198 g/mol. The van der Waals surface area contributed by atoms with Gasteiger partial charge in [0, 0.05) is 6.07 Å². The van der Waals surface area contributed by atoms with Gasteiger partial charge in [-0.15, -0.1) is 11.8 Å². The zero-order chi connectivity index (χ0) is 10.7. The maximum absolute atomic E-state index is 10.7. The van der Waals surface area contributed by atoms with Crippen LogP contribution in [-0.2, 0) is 0 Å².